The summed E-state index contributed by atoms with van der Waals surface area (Å²) in [7, 11) is 1.65. The monoisotopic (exact) mass is 204 g/mol. The molecule has 0 N–H and O–H groups in total. The molecule has 0 radical (unpaired) electrons. The molecule has 0 aliphatic heterocycles. The summed E-state index contributed by atoms with van der Waals surface area (Å²) < 4.78 is 6.72. The molecule has 0 atom stereocenters. The van der Waals surface area contributed by atoms with E-state index in [1.165, 1.54) is 0 Å². The Morgan fingerprint density at radius 1 is 1.53 bits per heavy atom. The smallest absolute Gasteiger partial charge is 0.163 e. The number of ether oxygens (including phenoxy) is 1. The Hall–Kier alpha value is -1.68. The van der Waals surface area contributed by atoms with E-state index in [1.54, 1.807) is 24.7 Å². The number of fused-ring (bicyclic) bond motifs is 1. The zero-order chi connectivity index (χ0) is 10.8. The van der Waals surface area contributed by atoms with Crippen molar-refractivity contribution in [1.29, 1.82) is 0 Å². The third kappa shape index (κ3) is 1.76. The summed E-state index contributed by atoms with van der Waals surface area (Å²) in [6.45, 7) is 2.09. The molecule has 78 valence electrons. The lowest BCUT2D eigenvalue weighted by Crippen LogP contribution is -1.95. The molecule has 2 aromatic heterocycles. The van der Waals surface area contributed by atoms with Gasteiger partial charge in [-0.25, -0.2) is 4.52 Å². The molecule has 0 bridgehead atoms. The first-order valence-electron chi connectivity index (χ1n) is 4.68. The lowest BCUT2D eigenvalue weighted by molar-refractivity contribution is 0.101. The van der Waals surface area contributed by atoms with Gasteiger partial charge in [0, 0.05) is 13.3 Å². The van der Waals surface area contributed by atoms with E-state index in [0.717, 1.165) is 11.1 Å². The Morgan fingerprint density at radius 3 is 3.00 bits per heavy atom. The second-order valence-electron chi connectivity index (χ2n) is 3.41. The van der Waals surface area contributed by atoms with Gasteiger partial charge in [0.1, 0.15) is 0 Å². The molecule has 0 saturated carbocycles. The van der Waals surface area contributed by atoms with Gasteiger partial charge >= 0.3 is 0 Å². The number of pyridine rings is 1. The minimum atomic E-state index is 0.0319. The number of nitrogens with zero attached hydrogens (tertiary/aromatic N) is 2. The van der Waals surface area contributed by atoms with Crippen LogP contribution in [-0.4, -0.2) is 22.5 Å². The SMILES string of the molecule is COCc1ccc2c(C(C)=O)cnn2c1. The van der Waals surface area contributed by atoms with Crippen LogP contribution in [0.5, 0.6) is 0 Å². The van der Waals surface area contributed by atoms with E-state index < -0.39 is 0 Å². The van der Waals surface area contributed by atoms with Crippen molar-refractivity contribution in [3.05, 3.63) is 35.7 Å². The van der Waals surface area contributed by atoms with E-state index in [9.17, 15) is 4.79 Å². The maximum Gasteiger partial charge on any atom is 0.163 e. The first kappa shape index (κ1) is 9.86. The Kier molecular flexibility index (Phi) is 2.51. The largest absolute Gasteiger partial charge is 0.380 e. The minimum absolute atomic E-state index is 0.0319. The summed E-state index contributed by atoms with van der Waals surface area (Å²) in [5.41, 5.74) is 2.52. The third-order valence-electron chi connectivity index (χ3n) is 2.27. The van der Waals surface area contributed by atoms with Gasteiger partial charge in [-0.15, -0.1) is 0 Å². The zero-order valence-electron chi connectivity index (χ0n) is 8.73. The van der Waals surface area contributed by atoms with Gasteiger partial charge in [-0.3, -0.25) is 4.79 Å². The average molecular weight is 204 g/mol. The van der Waals surface area contributed by atoms with Crippen LogP contribution in [0.3, 0.4) is 0 Å². The van der Waals surface area contributed by atoms with Gasteiger partial charge in [-0.05, 0) is 18.6 Å². The van der Waals surface area contributed by atoms with Crippen LogP contribution >= 0.6 is 0 Å². The Bertz CT molecular complexity index is 502. The van der Waals surface area contributed by atoms with E-state index in [-0.39, 0.29) is 5.78 Å². The molecule has 15 heavy (non-hydrogen) atoms. The number of hydrogen-bond donors (Lipinski definition) is 0. The number of hydrogen-bond acceptors (Lipinski definition) is 3. The number of rotatable bonds is 3. The fraction of sp³-hybridized carbons (Fsp3) is 0.273. The van der Waals surface area contributed by atoms with E-state index in [1.807, 2.05) is 18.3 Å². The van der Waals surface area contributed by atoms with Crippen molar-refractivity contribution in [2.24, 2.45) is 0 Å². The molecule has 0 aliphatic rings. The van der Waals surface area contributed by atoms with Crippen molar-refractivity contribution < 1.29 is 9.53 Å². The molecule has 0 aromatic carbocycles. The van der Waals surface area contributed by atoms with Gasteiger partial charge in [0.2, 0.25) is 0 Å². The van der Waals surface area contributed by atoms with E-state index in [4.69, 9.17) is 4.74 Å². The van der Waals surface area contributed by atoms with Crippen molar-refractivity contribution in [2.75, 3.05) is 7.11 Å². The number of Topliss-reactive ketones (excluding diaryl/α,β-unsaturated/α-hetero) is 1. The van der Waals surface area contributed by atoms with E-state index in [0.29, 0.717) is 12.2 Å². The van der Waals surface area contributed by atoms with Crippen molar-refractivity contribution in [2.45, 2.75) is 13.5 Å². The van der Waals surface area contributed by atoms with Crippen LogP contribution in [0.1, 0.15) is 22.8 Å². The topological polar surface area (TPSA) is 43.6 Å². The van der Waals surface area contributed by atoms with Gasteiger partial charge in [0.25, 0.3) is 0 Å². The molecule has 0 saturated heterocycles. The number of aromatic nitrogens is 2. The van der Waals surface area contributed by atoms with Crippen LogP contribution in [0.15, 0.2) is 24.5 Å². The molecule has 4 nitrogen and oxygen atoms in total. The fourth-order valence-corrected chi connectivity index (χ4v) is 1.55. The van der Waals surface area contributed by atoms with Gasteiger partial charge < -0.3 is 4.74 Å². The van der Waals surface area contributed by atoms with E-state index in [2.05, 4.69) is 5.10 Å². The number of ketones is 1. The first-order chi connectivity index (χ1) is 7.22. The van der Waals surface area contributed by atoms with Gasteiger partial charge in [-0.2, -0.15) is 5.10 Å². The highest BCUT2D eigenvalue weighted by molar-refractivity contribution is 6.00. The maximum atomic E-state index is 11.3. The number of carbonyl (C=O) groups excluding carboxylic acids is 1. The Labute approximate surface area is 87.5 Å². The van der Waals surface area contributed by atoms with Crippen LogP contribution in [0.4, 0.5) is 0 Å². The molecule has 0 fully saturated rings. The highest BCUT2D eigenvalue weighted by Gasteiger charge is 2.07. The molecular formula is C11H12N2O2. The predicted octanol–water partition coefficient (Wildman–Crippen LogP) is 1.68. The van der Waals surface area contributed by atoms with Crippen LogP contribution in [-0.2, 0) is 11.3 Å². The summed E-state index contributed by atoms with van der Waals surface area (Å²) in [4.78, 5) is 11.3. The van der Waals surface area contributed by atoms with Crippen LogP contribution in [0.2, 0.25) is 0 Å². The molecule has 2 aromatic rings. The molecular weight excluding hydrogens is 192 g/mol. The second kappa shape index (κ2) is 3.82. The molecule has 2 rings (SSSR count). The summed E-state index contributed by atoms with van der Waals surface area (Å²) in [6.07, 6.45) is 3.46. The Morgan fingerprint density at radius 2 is 2.33 bits per heavy atom. The molecule has 4 heteroatoms. The lowest BCUT2D eigenvalue weighted by atomic mass is 10.2. The first-order valence-corrected chi connectivity index (χ1v) is 4.68. The Balaban J connectivity index is 2.51. The summed E-state index contributed by atoms with van der Waals surface area (Å²) in [6, 6.07) is 3.82. The second-order valence-corrected chi connectivity index (χ2v) is 3.41. The van der Waals surface area contributed by atoms with Crippen molar-refractivity contribution in [3.63, 3.8) is 0 Å². The molecule has 2 heterocycles. The quantitative estimate of drug-likeness (QED) is 0.714. The number of methoxy groups -OCH3 is 1. The van der Waals surface area contributed by atoms with Crippen molar-refractivity contribution in [1.82, 2.24) is 9.61 Å². The van der Waals surface area contributed by atoms with E-state index >= 15 is 0 Å². The lowest BCUT2D eigenvalue weighted by Gasteiger charge is -2.00. The van der Waals surface area contributed by atoms with Crippen molar-refractivity contribution in [3.8, 4) is 0 Å². The highest BCUT2D eigenvalue weighted by atomic mass is 16.5. The summed E-state index contributed by atoms with van der Waals surface area (Å²) in [5.74, 6) is 0.0319. The highest BCUT2D eigenvalue weighted by Crippen LogP contribution is 2.12. The average Bonchev–Trinajstić information content (AvgIpc) is 2.61. The standard InChI is InChI=1S/C11H12N2O2/c1-8(14)10-5-12-13-6-9(7-15-2)3-4-11(10)13/h3-6H,7H2,1-2H3. The van der Waals surface area contributed by atoms with Gasteiger partial charge in [0.05, 0.1) is 23.9 Å². The predicted molar refractivity (Wildman–Crippen MR) is 55.9 cm³/mol. The molecule has 0 unspecified atom stereocenters. The van der Waals surface area contributed by atoms with Crippen LogP contribution in [0, 0.1) is 0 Å². The molecule has 0 amide bonds. The van der Waals surface area contributed by atoms with Crippen LogP contribution in [0.25, 0.3) is 5.52 Å². The van der Waals surface area contributed by atoms with Gasteiger partial charge in [0.15, 0.2) is 5.78 Å². The summed E-state index contributed by atoms with van der Waals surface area (Å²) >= 11 is 0. The third-order valence-corrected chi connectivity index (χ3v) is 2.27. The number of carbonyl (C=O) groups is 1. The molecule has 0 spiro atoms. The molecule has 0 aliphatic carbocycles. The zero-order valence-corrected chi connectivity index (χ0v) is 8.73. The normalized spacial score (nSPS) is 10.8. The summed E-state index contributed by atoms with van der Waals surface area (Å²) in [5, 5.41) is 4.12. The maximum absolute atomic E-state index is 11.3. The minimum Gasteiger partial charge on any atom is -0.380 e. The fourth-order valence-electron chi connectivity index (χ4n) is 1.55. The van der Waals surface area contributed by atoms with Crippen LogP contribution < -0.4 is 0 Å². The van der Waals surface area contributed by atoms with Crippen molar-refractivity contribution >= 4 is 11.3 Å². The van der Waals surface area contributed by atoms with Gasteiger partial charge in [-0.1, -0.05) is 6.07 Å².